The van der Waals surface area contributed by atoms with Crippen molar-refractivity contribution in [2.24, 2.45) is 11.7 Å². The third kappa shape index (κ3) is 4.28. The highest BCUT2D eigenvalue weighted by molar-refractivity contribution is 5.81. The van der Waals surface area contributed by atoms with Gasteiger partial charge in [0.15, 0.2) is 0 Å². The Morgan fingerprint density at radius 3 is 2.71 bits per heavy atom. The van der Waals surface area contributed by atoms with E-state index in [9.17, 15) is 4.79 Å². The molecule has 1 aliphatic heterocycles. The minimum atomic E-state index is -0.341. The Morgan fingerprint density at radius 1 is 1.53 bits per heavy atom. The summed E-state index contributed by atoms with van der Waals surface area (Å²) >= 11 is 0. The number of likely N-dealkylation sites (N-methyl/N-ethyl adjacent to an activating group) is 2. The van der Waals surface area contributed by atoms with E-state index in [1.807, 2.05) is 11.9 Å². The van der Waals surface area contributed by atoms with Crippen molar-refractivity contribution in [1.82, 2.24) is 9.80 Å². The number of nitrogens with two attached hydrogens (primary N) is 1. The van der Waals surface area contributed by atoms with Gasteiger partial charge in [0.05, 0.1) is 6.04 Å². The monoisotopic (exact) mass is 241 g/mol. The second kappa shape index (κ2) is 6.36. The lowest BCUT2D eigenvalue weighted by atomic mass is 10.0. The average Bonchev–Trinajstić information content (AvgIpc) is 2.26. The van der Waals surface area contributed by atoms with Gasteiger partial charge in [-0.05, 0) is 38.8 Å². The molecule has 0 aromatic heterocycles. The van der Waals surface area contributed by atoms with Gasteiger partial charge >= 0.3 is 0 Å². The van der Waals surface area contributed by atoms with E-state index in [2.05, 4.69) is 25.8 Å². The Labute approximate surface area is 105 Å². The van der Waals surface area contributed by atoms with E-state index in [4.69, 9.17) is 5.73 Å². The van der Waals surface area contributed by atoms with Crippen LogP contribution in [0.2, 0.25) is 0 Å². The smallest absolute Gasteiger partial charge is 0.239 e. The molecule has 0 spiro atoms. The molecule has 2 atom stereocenters. The van der Waals surface area contributed by atoms with Crippen LogP contribution in [0.15, 0.2) is 0 Å². The molecule has 0 aliphatic carbocycles. The van der Waals surface area contributed by atoms with Gasteiger partial charge < -0.3 is 15.5 Å². The first-order valence-electron chi connectivity index (χ1n) is 6.62. The molecule has 4 nitrogen and oxygen atoms in total. The van der Waals surface area contributed by atoms with Gasteiger partial charge in [0.1, 0.15) is 0 Å². The van der Waals surface area contributed by atoms with Crippen molar-refractivity contribution < 1.29 is 4.79 Å². The van der Waals surface area contributed by atoms with Crippen LogP contribution in [0.4, 0.5) is 0 Å². The summed E-state index contributed by atoms with van der Waals surface area (Å²) in [6.45, 7) is 6.30. The van der Waals surface area contributed by atoms with Crippen LogP contribution in [-0.4, -0.2) is 55.0 Å². The SMILES string of the molecule is CC(C)C[C@H](N)C(=O)N(C)C1CCCN(C)C1. The minimum absolute atomic E-state index is 0.0963. The summed E-state index contributed by atoms with van der Waals surface area (Å²) in [7, 11) is 4.00. The second-order valence-electron chi connectivity index (χ2n) is 5.74. The minimum Gasteiger partial charge on any atom is -0.340 e. The predicted molar refractivity (Wildman–Crippen MR) is 70.7 cm³/mol. The van der Waals surface area contributed by atoms with Crippen LogP contribution in [0.25, 0.3) is 0 Å². The zero-order valence-electron chi connectivity index (χ0n) is 11.6. The summed E-state index contributed by atoms with van der Waals surface area (Å²) in [5, 5.41) is 0. The lowest BCUT2D eigenvalue weighted by molar-refractivity contribution is -0.134. The molecule has 1 fully saturated rings. The fraction of sp³-hybridized carbons (Fsp3) is 0.923. The maximum atomic E-state index is 12.2. The van der Waals surface area contributed by atoms with Crippen molar-refractivity contribution in [1.29, 1.82) is 0 Å². The number of carbonyl (C=O) groups excluding carboxylic acids is 1. The van der Waals surface area contributed by atoms with Gasteiger partial charge in [-0.25, -0.2) is 0 Å². The van der Waals surface area contributed by atoms with Crippen LogP contribution in [0, 0.1) is 5.92 Å². The molecule has 1 rings (SSSR count). The fourth-order valence-corrected chi connectivity index (χ4v) is 2.51. The van der Waals surface area contributed by atoms with Crippen molar-refractivity contribution in [3.05, 3.63) is 0 Å². The molecule has 1 amide bonds. The number of likely N-dealkylation sites (tertiary alicyclic amines) is 1. The molecule has 2 N–H and O–H groups in total. The average molecular weight is 241 g/mol. The molecule has 0 aromatic carbocycles. The first kappa shape index (κ1) is 14.5. The highest BCUT2D eigenvalue weighted by atomic mass is 16.2. The van der Waals surface area contributed by atoms with E-state index in [-0.39, 0.29) is 11.9 Å². The molecule has 1 aliphatic rings. The number of rotatable bonds is 4. The largest absolute Gasteiger partial charge is 0.340 e. The number of carbonyl (C=O) groups is 1. The Bertz CT molecular complexity index is 255. The van der Waals surface area contributed by atoms with E-state index in [0.717, 1.165) is 32.4 Å². The van der Waals surface area contributed by atoms with Crippen LogP contribution >= 0.6 is 0 Å². The zero-order valence-corrected chi connectivity index (χ0v) is 11.6. The molecule has 1 heterocycles. The molecule has 0 aromatic rings. The van der Waals surface area contributed by atoms with Gasteiger partial charge in [0.25, 0.3) is 0 Å². The predicted octanol–water partition coefficient (Wildman–Crippen LogP) is 0.912. The van der Waals surface area contributed by atoms with E-state index < -0.39 is 0 Å². The van der Waals surface area contributed by atoms with Crippen molar-refractivity contribution in [2.45, 2.75) is 45.2 Å². The molecule has 1 unspecified atom stereocenters. The summed E-state index contributed by atoms with van der Waals surface area (Å²) < 4.78 is 0. The first-order chi connectivity index (χ1) is 7.91. The third-order valence-corrected chi connectivity index (χ3v) is 3.54. The maximum Gasteiger partial charge on any atom is 0.239 e. The summed E-state index contributed by atoms with van der Waals surface area (Å²) in [4.78, 5) is 16.3. The van der Waals surface area contributed by atoms with Crippen LogP contribution in [0.5, 0.6) is 0 Å². The summed E-state index contributed by atoms with van der Waals surface area (Å²) in [5.74, 6) is 0.565. The Hall–Kier alpha value is -0.610. The van der Waals surface area contributed by atoms with Gasteiger partial charge in [-0.3, -0.25) is 4.79 Å². The highest BCUT2D eigenvalue weighted by Crippen LogP contribution is 2.15. The second-order valence-corrected chi connectivity index (χ2v) is 5.74. The molecule has 100 valence electrons. The third-order valence-electron chi connectivity index (χ3n) is 3.54. The van der Waals surface area contributed by atoms with Gasteiger partial charge in [-0.1, -0.05) is 13.8 Å². The van der Waals surface area contributed by atoms with Crippen molar-refractivity contribution in [3.8, 4) is 0 Å². The lowest BCUT2D eigenvalue weighted by Crippen LogP contribution is -2.52. The van der Waals surface area contributed by atoms with Crippen LogP contribution in [0.1, 0.15) is 33.1 Å². The van der Waals surface area contributed by atoms with Crippen LogP contribution in [0.3, 0.4) is 0 Å². The van der Waals surface area contributed by atoms with E-state index in [0.29, 0.717) is 12.0 Å². The van der Waals surface area contributed by atoms with E-state index in [1.165, 1.54) is 0 Å². The summed E-state index contributed by atoms with van der Waals surface area (Å²) in [6, 6.07) is -0.00769. The number of piperidine rings is 1. The normalized spacial score (nSPS) is 23.8. The molecule has 1 saturated heterocycles. The maximum absolute atomic E-state index is 12.2. The number of nitrogens with zero attached hydrogens (tertiary/aromatic N) is 2. The molecule has 17 heavy (non-hydrogen) atoms. The number of amides is 1. The molecule has 0 saturated carbocycles. The number of hydrogen-bond acceptors (Lipinski definition) is 3. The Balaban J connectivity index is 2.50. The van der Waals surface area contributed by atoms with Crippen LogP contribution < -0.4 is 5.73 Å². The molecule has 0 bridgehead atoms. The zero-order chi connectivity index (χ0) is 13.0. The standard InChI is InChI=1S/C13H27N3O/c1-10(2)8-12(14)13(17)16(4)11-6-5-7-15(3)9-11/h10-12H,5-9,14H2,1-4H3/t11?,12-/m0/s1. The molecule has 4 heteroatoms. The summed E-state index contributed by atoms with van der Waals surface area (Å²) in [5.41, 5.74) is 5.96. The van der Waals surface area contributed by atoms with Crippen molar-refractivity contribution in [3.63, 3.8) is 0 Å². The fourth-order valence-electron chi connectivity index (χ4n) is 2.51. The highest BCUT2D eigenvalue weighted by Gasteiger charge is 2.27. The molecular formula is C13H27N3O. The Morgan fingerprint density at radius 2 is 2.18 bits per heavy atom. The van der Waals surface area contributed by atoms with Crippen LogP contribution in [-0.2, 0) is 4.79 Å². The van der Waals surface area contributed by atoms with Gasteiger partial charge in [-0.15, -0.1) is 0 Å². The summed E-state index contributed by atoms with van der Waals surface area (Å²) in [6.07, 6.45) is 3.03. The molecule has 0 radical (unpaired) electrons. The van der Waals surface area contributed by atoms with Gasteiger partial charge in [0, 0.05) is 19.6 Å². The molecular weight excluding hydrogens is 214 g/mol. The first-order valence-corrected chi connectivity index (χ1v) is 6.62. The van der Waals surface area contributed by atoms with Crippen molar-refractivity contribution in [2.75, 3.05) is 27.2 Å². The number of hydrogen-bond donors (Lipinski definition) is 1. The van der Waals surface area contributed by atoms with Gasteiger partial charge in [0.2, 0.25) is 5.91 Å². The van der Waals surface area contributed by atoms with E-state index in [1.54, 1.807) is 0 Å². The van der Waals surface area contributed by atoms with E-state index >= 15 is 0 Å². The topological polar surface area (TPSA) is 49.6 Å². The van der Waals surface area contributed by atoms with Gasteiger partial charge in [-0.2, -0.15) is 0 Å². The quantitative estimate of drug-likeness (QED) is 0.796. The lowest BCUT2D eigenvalue weighted by Gasteiger charge is -2.37. The Kier molecular flexibility index (Phi) is 5.40. The van der Waals surface area contributed by atoms with Crippen molar-refractivity contribution >= 4 is 5.91 Å².